The summed E-state index contributed by atoms with van der Waals surface area (Å²) in [5.41, 5.74) is 0. The summed E-state index contributed by atoms with van der Waals surface area (Å²) in [5.74, 6) is 0. The van der Waals surface area contributed by atoms with Crippen molar-refractivity contribution in [3.63, 3.8) is 0 Å². The monoisotopic (exact) mass is 226 g/mol. The molecule has 3 nitrogen and oxygen atoms in total. The molecule has 0 aliphatic carbocycles. The fourth-order valence-electron chi connectivity index (χ4n) is 2.92. The van der Waals surface area contributed by atoms with E-state index in [1.165, 1.54) is 32.2 Å². The lowest BCUT2D eigenvalue weighted by atomic mass is 10.0. The van der Waals surface area contributed by atoms with Crippen LogP contribution in [-0.2, 0) is 4.74 Å². The van der Waals surface area contributed by atoms with E-state index < -0.39 is 0 Å². The summed E-state index contributed by atoms with van der Waals surface area (Å²) in [5, 5.41) is 3.59. The Balaban J connectivity index is 1.85. The van der Waals surface area contributed by atoms with Crippen LogP contribution in [-0.4, -0.2) is 49.3 Å². The largest absolute Gasteiger partial charge is 0.377 e. The summed E-state index contributed by atoms with van der Waals surface area (Å²) in [6.45, 7) is 9.03. The van der Waals surface area contributed by atoms with E-state index in [1.54, 1.807) is 0 Å². The van der Waals surface area contributed by atoms with Crippen LogP contribution in [0.15, 0.2) is 0 Å². The molecular formula is C13H26N2O. The summed E-state index contributed by atoms with van der Waals surface area (Å²) < 4.78 is 5.76. The SMILES string of the molecule is CCCC1CNC(C)CN1CC1CCCO1. The predicted molar refractivity (Wildman–Crippen MR) is 66.7 cm³/mol. The van der Waals surface area contributed by atoms with Gasteiger partial charge < -0.3 is 10.1 Å². The number of hydrogen-bond donors (Lipinski definition) is 1. The van der Waals surface area contributed by atoms with E-state index in [0.717, 1.165) is 25.7 Å². The molecule has 1 N–H and O–H groups in total. The number of rotatable bonds is 4. The van der Waals surface area contributed by atoms with Crippen LogP contribution >= 0.6 is 0 Å². The minimum Gasteiger partial charge on any atom is -0.377 e. The maximum absolute atomic E-state index is 5.76. The van der Waals surface area contributed by atoms with E-state index in [2.05, 4.69) is 24.1 Å². The van der Waals surface area contributed by atoms with Crippen LogP contribution in [0, 0.1) is 0 Å². The molecule has 3 unspecified atom stereocenters. The minimum absolute atomic E-state index is 0.504. The average molecular weight is 226 g/mol. The molecule has 0 bridgehead atoms. The molecule has 2 fully saturated rings. The third-order valence-electron chi connectivity index (χ3n) is 3.81. The second-order valence-corrected chi connectivity index (χ2v) is 5.34. The molecule has 0 aromatic heterocycles. The first-order valence-corrected chi connectivity index (χ1v) is 6.88. The fourth-order valence-corrected chi connectivity index (χ4v) is 2.92. The molecule has 3 atom stereocenters. The van der Waals surface area contributed by atoms with Gasteiger partial charge in [0.15, 0.2) is 0 Å². The summed E-state index contributed by atoms with van der Waals surface area (Å²) in [4.78, 5) is 2.65. The molecule has 2 aliphatic rings. The quantitative estimate of drug-likeness (QED) is 0.788. The van der Waals surface area contributed by atoms with E-state index in [1.807, 2.05) is 0 Å². The highest BCUT2D eigenvalue weighted by atomic mass is 16.5. The summed E-state index contributed by atoms with van der Waals surface area (Å²) in [7, 11) is 0. The lowest BCUT2D eigenvalue weighted by Crippen LogP contribution is -2.56. The summed E-state index contributed by atoms with van der Waals surface area (Å²) in [6, 6.07) is 1.36. The maximum Gasteiger partial charge on any atom is 0.0702 e. The molecule has 2 aliphatic heterocycles. The van der Waals surface area contributed by atoms with E-state index in [4.69, 9.17) is 4.74 Å². The van der Waals surface area contributed by atoms with Gasteiger partial charge in [-0.2, -0.15) is 0 Å². The van der Waals surface area contributed by atoms with Gasteiger partial charge in [0.1, 0.15) is 0 Å². The van der Waals surface area contributed by atoms with Crippen LogP contribution < -0.4 is 5.32 Å². The van der Waals surface area contributed by atoms with Gasteiger partial charge in [-0.1, -0.05) is 13.3 Å². The molecule has 0 saturated carbocycles. The molecule has 0 amide bonds. The number of nitrogens with one attached hydrogen (secondary N) is 1. The first-order chi connectivity index (χ1) is 7.79. The number of nitrogens with zero attached hydrogens (tertiary/aromatic N) is 1. The first kappa shape index (κ1) is 12.3. The number of ether oxygens (including phenoxy) is 1. The van der Waals surface area contributed by atoms with Crippen LogP contribution in [0.3, 0.4) is 0 Å². The highest BCUT2D eigenvalue weighted by Crippen LogP contribution is 2.18. The number of piperazine rings is 1. The highest BCUT2D eigenvalue weighted by Gasteiger charge is 2.28. The third-order valence-corrected chi connectivity index (χ3v) is 3.81. The smallest absolute Gasteiger partial charge is 0.0702 e. The second kappa shape index (κ2) is 5.99. The molecule has 16 heavy (non-hydrogen) atoms. The van der Waals surface area contributed by atoms with Crippen molar-refractivity contribution in [2.24, 2.45) is 0 Å². The van der Waals surface area contributed by atoms with Gasteiger partial charge in [-0.3, -0.25) is 4.90 Å². The van der Waals surface area contributed by atoms with Crippen LogP contribution in [0.1, 0.15) is 39.5 Å². The van der Waals surface area contributed by atoms with Gasteiger partial charge in [0.25, 0.3) is 0 Å². The van der Waals surface area contributed by atoms with Crippen LogP contribution in [0.5, 0.6) is 0 Å². The molecular weight excluding hydrogens is 200 g/mol. The molecule has 2 heterocycles. The molecule has 94 valence electrons. The van der Waals surface area contributed by atoms with Crippen molar-refractivity contribution in [1.29, 1.82) is 0 Å². The fraction of sp³-hybridized carbons (Fsp3) is 1.00. The molecule has 2 saturated heterocycles. The van der Waals surface area contributed by atoms with Gasteiger partial charge in [0, 0.05) is 38.3 Å². The van der Waals surface area contributed by atoms with Crippen LogP contribution in [0.25, 0.3) is 0 Å². The molecule has 0 aromatic carbocycles. The van der Waals surface area contributed by atoms with Crippen molar-refractivity contribution < 1.29 is 4.74 Å². The van der Waals surface area contributed by atoms with Gasteiger partial charge in [-0.15, -0.1) is 0 Å². The van der Waals surface area contributed by atoms with Crippen molar-refractivity contribution in [2.75, 3.05) is 26.2 Å². The Kier molecular flexibility index (Phi) is 4.62. The van der Waals surface area contributed by atoms with E-state index in [0.29, 0.717) is 12.1 Å². The van der Waals surface area contributed by atoms with Gasteiger partial charge >= 0.3 is 0 Å². The van der Waals surface area contributed by atoms with Crippen LogP contribution in [0.4, 0.5) is 0 Å². The van der Waals surface area contributed by atoms with E-state index in [9.17, 15) is 0 Å². The van der Waals surface area contributed by atoms with Crippen molar-refractivity contribution in [2.45, 2.75) is 57.7 Å². The molecule has 2 rings (SSSR count). The van der Waals surface area contributed by atoms with Gasteiger partial charge in [0.05, 0.1) is 6.10 Å². The molecule has 0 spiro atoms. The Bertz CT molecular complexity index is 204. The Morgan fingerprint density at radius 3 is 3.00 bits per heavy atom. The summed E-state index contributed by atoms with van der Waals surface area (Å²) >= 11 is 0. The highest BCUT2D eigenvalue weighted by molar-refractivity contribution is 4.86. The second-order valence-electron chi connectivity index (χ2n) is 5.34. The van der Waals surface area contributed by atoms with Crippen LogP contribution in [0.2, 0.25) is 0 Å². The normalized spacial score (nSPS) is 36.8. The van der Waals surface area contributed by atoms with E-state index in [-0.39, 0.29) is 0 Å². The van der Waals surface area contributed by atoms with Gasteiger partial charge in [0.2, 0.25) is 0 Å². The van der Waals surface area contributed by atoms with Crippen molar-refractivity contribution in [1.82, 2.24) is 10.2 Å². The Hall–Kier alpha value is -0.120. The molecule has 0 radical (unpaired) electrons. The Morgan fingerprint density at radius 1 is 1.44 bits per heavy atom. The van der Waals surface area contributed by atoms with Gasteiger partial charge in [-0.05, 0) is 26.2 Å². The number of hydrogen-bond acceptors (Lipinski definition) is 3. The molecule has 0 aromatic rings. The zero-order chi connectivity index (χ0) is 11.4. The van der Waals surface area contributed by atoms with Crippen molar-refractivity contribution in [3.05, 3.63) is 0 Å². The maximum atomic E-state index is 5.76. The lowest BCUT2D eigenvalue weighted by molar-refractivity contribution is 0.0387. The van der Waals surface area contributed by atoms with E-state index >= 15 is 0 Å². The van der Waals surface area contributed by atoms with Gasteiger partial charge in [-0.25, -0.2) is 0 Å². The predicted octanol–water partition coefficient (Wildman–Crippen LogP) is 1.63. The third kappa shape index (κ3) is 3.19. The van der Waals surface area contributed by atoms with Crippen molar-refractivity contribution in [3.8, 4) is 0 Å². The molecule has 3 heteroatoms. The summed E-state index contributed by atoms with van der Waals surface area (Å²) in [6.07, 6.45) is 5.61. The van der Waals surface area contributed by atoms with Crippen molar-refractivity contribution >= 4 is 0 Å². The topological polar surface area (TPSA) is 24.5 Å². The standard InChI is InChI=1S/C13H26N2O/c1-3-5-12-8-14-11(2)9-15(12)10-13-6-4-7-16-13/h11-14H,3-10H2,1-2H3. The zero-order valence-electron chi connectivity index (χ0n) is 10.7. The lowest BCUT2D eigenvalue weighted by Gasteiger charge is -2.40. The first-order valence-electron chi connectivity index (χ1n) is 6.88. The average Bonchev–Trinajstić information content (AvgIpc) is 2.75. The minimum atomic E-state index is 0.504. The Morgan fingerprint density at radius 2 is 2.31 bits per heavy atom. The Labute approximate surface area is 99.5 Å². The zero-order valence-corrected chi connectivity index (χ0v) is 10.7.